The van der Waals surface area contributed by atoms with Crippen LogP contribution >= 0.6 is 0 Å². The van der Waals surface area contributed by atoms with E-state index in [1.807, 2.05) is 0 Å². The van der Waals surface area contributed by atoms with Gasteiger partial charge in [-0.15, -0.1) is 0 Å². The van der Waals surface area contributed by atoms with Crippen LogP contribution in [0.5, 0.6) is 0 Å². The first-order valence-electron chi connectivity index (χ1n) is 5.25. The molecule has 0 amide bonds. The second-order valence-corrected chi connectivity index (χ2v) is 6.61. The fourth-order valence-corrected chi connectivity index (χ4v) is 3.29. The molecule has 0 atom stereocenters. The number of sulfonamides is 1. The molecule has 0 bridgehead atoms. The van der Waals surface area contributed by atoms with Crippen LogP contribution < -0.4 is 10.5 Å². The third-order valence-electron chi connectivity index (χ3n) is 3.15. The Morgan fingerprint density at radius 1 is 1.36 bits per heavy atom. The summed E-state index contributed by atoms with van der Waals surface area (Å²) in [5.41, 5.74) is 5.68. The average Bonchev–Trinajstić information content (AvgIpc) is 2.80. The summed E-state index contributed by atoms with van der Waals surface area (Å²) in [7, 11) is -3.06. The monoisotopic (exact) mass is 218 g/mol. The third-order valence-corrected chi connectivity index (χ3v) is 4.64. The van der Waals surface area contributed by atoms with Gasteiger partial charge in [-0.25, -0.2) is 13.1 Å². The zero-order chi connectivity index (χ0) is 10.2. The highest BCUT2D eigenvalue weighted by Gasteiger charge is 2.34. The van der Waals surface area contributed by atoms with Crippen LogP contribution in [0, 0.1) is 5.92 Å². The molecule has 0 spiro atoms. The molecule has 2 aliphatic rings. The second kappa shape index (κ2) is 3.47. The average molecular weight is 218 g/mol. The summed E-state index contributed by atoms with van der Waals surface area (Å²) in [5, 5.41) is 0. The van der Waals surface area contributed by atoms with Crippen LogP contribution in [0.2, 0.25) is 0 Å². The minimum absolute atomic E-state index is 0.253. The maximum Gasteiger partial charge on any atom is 0.211 e. The van der Waals surface area contributed by atoms with Crippen LogP contribution in [-0.4, -0.2) is 26.3 Å². The molecule has 2 rings (SSSR count). The normalized spacial score (nSPS) is 25.8. The van der Waals surface area contributed by atoms with Crippen LogP contribution in [0.1, 0.15) is 32.1 Å². The van der Waals surface area contributed by atoms with E-state index in [1.54, 1.807) is 0 Å². The van der Waals surface area contributed by atoms with E-state index in [0.717, 1.165) is 32.1 Å². The highest BCUT2D eigenvalue weighted by atomic mass is 32.2. The van der Waals surface area contributed by atoms with Crippen molar-refractivity contribution in [2.75, 3.05) is 12.3 Å². The van der Waals surface area contributed by atoms with E-state index in [0.29, 0.717) is 18.2 Å². The molecule has 0 saturated heterocycles. The van der Waals surface area contributed by atoms with E-state index < -0.39 is 10.0 Å². The van der Waals surface area contributed by atoms with Crippen LogP contribution in [0.4, 0.5) is 0 Å². The highest BCUT2D eigenvalue weighted by molar-refractivity contribution is 7.89. The fourth-order valence-electron chi connectivity index (χ4n) is 1.72. The van der Waals surface area contributed by atoms with Gasteiger partial charge in [-0.2, -0.15) is 0 Å². The molecular weight excluding hydrogens is 200 g/mol. The number of nitrogens with one attached hydrogen (secondary N) is 1. The van der Waals surface area contributed by atoms with Crippen molar-refractivity contribution in [2.45, 2.75) is 37.6 Å². The summed E-state index contributed by atoms with van der Waals surface area (Å²) >= 11 is 0. The van der Waals surface area contributed by atoms with Crippen molar-refractivity contribution in [3.8, 4) is 0 Å². The maximum absolute atomic E-state index is 11.5. The van der Waals surface area contributed by atoms with Gasteiger partial charge in [0.2, 0.25) is 10.0 Å². The summed E-state index contributed by atoms with van der Waals surface area (Å²) in [4.78, 5) is 0. The molecule has 0 unspecified atom stereocenters. The van der Waals surface area contributed by atoms with E-state index in [-0.39, 0.29) is 5.54 Å². The molecule has 3 N–H and O–H groups in total. The van der Waals surface area contributed by atoms with E-state index in [2.05, 4.69) is 4.72 Å². The lowest BCUT2D eigenvalue weighted by Crippen LogP contribution is -2.55. The van der Waals surface area contributed by atoms with Crippen LogP contribution in [0.15, 0.2) is 0 Å². The first-order valence-corrected chi connectivity index (χ1v) is 6.91. The van der Waals surface area contributed by atoms with Gasteiger partial charge in [0.25, 0.3) is 0 Å². The van der Waals surface area contributed by atoms with Crippen molar-refractivity contribution in [1.82, 2.24) is 4.72 Å². The van der Waals surface area contributed by atoms with Crippen LogP contribution in [-0.2, 0) is 10.0 Å². The Morgan fingerprint density at radius 3 is 2.43 bits per heavy atom. The van der Waals surface area contributed by atoms with Gasteiger partial charge in [0.05, 0.1) is 5.75 Å². The van der Waals surface area contributed by atoms with Gasteiger partial charge in [0.15, 0.2) is 0 Å². The molecule has 0 aromatic heterocycles. The molecule has 0 radical (unpaired) electrons. The second-order valence-electron chi connectivity index (χ2n) is 4.76. The molecule has 2 saturated carbocycles. The third kappa shape index (κ3) is 2.68. The van der Waals surface area contributed by atoms with Crippen molar-refractivity contribution < 1.29 is 8.42 Å². The van der Waals surface area contributed by atoms with Crippen LogP contribution in [0.25, 0.3) is 0 Å². The molecule has 2 fully saturated rings. The Labute approximate surface area is 85.3 Å². The lowest BCUT2D eigenvalue weighted by atomic mass is 9.78. The first kappa shape index (κ1) is 10.4. The summed E-state index contributed by atoms with van der Waals surface area (Å²) < 4.78 is 25.6. The molecule has 0 aromatic rings. The predicted molar refractivity (Wildman–Crippen MR) is 55.3 cm³/mol. The van der Waals surface area contributed by atoms with Gasteiger partial charge in [-0.05, 0) is 38.0 Å². The van der Waals surface area contributed by atoms with Gasteiger partial charge in [0, 0.05) is 12.1 Å². The smallest absolute Gasteiger partial charge is 0.211 e. The molecule has 0 aromatic carbocycles. The number of hydrogen-bond acceptors (Lipinski definition) is 3. The predicted octanol–water partition coefficient (Wildman–Crippen LogP) is 0.197. The molecule has 14 heavy (non-hydrogen) atoms. The van der Waals surface area contributed by atoms with Gasteiger partial charge in [0.1, 0.15) is 0 Å². The zero-order valence-corrected chi connectivity index (χ0v) is 9.15. The Morgan fingerprint density at radius 2 is 2.00 bits per heavy atom. The quantitative estimate of drug-likeness (QED) is 0.692. The molecule has 82 valence electrons. The Balaban J connectivity index is 1.77. The lowest BCUT2D eigenvalue weighted by molar-refractivity contribution is 0.251. The maximum atomic E-state index is 11.5. The minimum atomic E-state index is -3.06. The van der Waals surface area contributed by atoms with Crippen molar-refractivity contribution in [3.63, 3.8) is 0 Å². The fraction of sp³-hybridized carbons (Fsp3) is 1.00. The molecule has 4 nitrogen and oxygen atoms in total. The van der Waals surface area contributed by atoms with E-state index in [1.165, 1.54) is 0 Å². The van der Waals surface area contributed by atoms with Gasteiger partial charge in [-0.1, -0.05) is 0 Å². The van der Waals surface area contributed by atoms with Gasteiger partial charge < -0.3 is 5.73 Å². The standard InChI is InChI=1S/C9H18N2O2S/c10-9(4-1-5-9)7-11-14(12,13)6-8-2-3-8/h8,11H,1-7,10H2. The summed E-state index contributed by atoms with van der Waals surface area (Å²) in [6.07, 6.45) is 5.14. The number of hydrogen-bond donors (Lipinski definition) is 2. The summed E-state index contributed by atoms with van der Waals surface area (Å²) in [5.74, 6) is 0.700. The SMILES string of the molecule is NC1(CNS(=O)(=O)CC2CC2)CCC1. The van der Waals surface area contributed by atoms with Crippen molar-refractivity contribution in [2.24, 2.45) is 11.7 Å². The van der Waals surface area contributed by atoms with Gasteiger partial charge >= 0.3 is 0 Å². The van der Waals surface area contributed by atoms with E-state index in [4.69, 9.17) is 5.73 Å². The number of nitrogens with two attached hydrogens (primary N) is 1. The molecule has 0 aliphatic heterocycles. The first-order chi connectivity index (χ1) is 6.49. The lowest BCUT2D eigenvalue weighted by Gasteiger charge is -2.38. The Bertz CT molecular complexity index is 305. The topological polar surface area (TPSA) is 72.2 Å². The zero-order valence-electron chi connectivity index (χ0n) is 8.33. The van der Waals surface area contributed by atoms with Crippen molar-refractivity contribution in [3.05, 3.63) is 0 Å². The van der Waals surface area contributed by atoms with Crippen molar-refractivity contribution >= 4 is 10.0 Å². The van der Waals surface area contributed by atoms with E-state index in [9.17, 15) is 8.42 Å². The summed E-state index contributed by atoms with van der Waals surface area (Å²) in [6, 6.07) is 0. The Hall–Kier alpha value is -0.130. The van der Waals surface area contributed by atoms with E-state index >= 15 is 0 Å². The summed E-state index contributed by atoms with van der Waals surface area (Å²) in [6.45, 7) is 0.419. The van der Waals surface area contributed by atoms with Crippen molar-refractivity contribution in [1.29, 1.82) is 0 Å². The molecule has 5 heteroatoms. The van der Waals surface area contributed by atoms with Crippen LogP contribution in [0.3, 0.4) is 0 Å². The highest BCUT2D eigenvalue weighted by Crippen LogP contribution is 2.31. The minimum Gasteiger partial charge on any atom is -0.324 e. The largest absolute Gasteiger partial charge is 0.324 e. The molecular formula is C9H18N2O2S. The molecule has 2 aliphatic carbocycles. The Kier molecular flexibility index (Phi) is 2.57. The number of rotatable bonds is 5. The molecule has 0 heterocycles. The van der Waals surface area contributed by atoms with Gasteiger partial charge in [-0.3, -0.25) is 0 Å².